The van der Waals surface area contributed by atoms with Crippen molar-refractivity contribution in [3.05, 3.63) is 60.6 Å². The Morgan fingerprint density at radius 2 is 1.95 bits per heavy atom. The first-order chi connectivity index (χ1) is 9.83. The van der Waals surface area contributed by atoms with Crippen molar-refractivity contribution in [1.82, 2.24) is 9.97 Å². The van der Waals surface area contributed by atoms with E-state index in [1.807, 2.05) is 24.7 Å². The molecule has 0 atom stereocenters. The fraction of sp³-hybridized carbons (Fsp3) is 0.0588. The monoisotopic (exact) mass is 276 g/mol. The predicted molar refractivity (Wildman–Crippen MR) is 85.1 cm³/mol. The van der Waals surface area contributed by atoms with Crippen LogP contribution in [0, 0.1) is 6.92 Å². The number of nitrogens with zero attached hydrogens (tertiary/aromatic N) is 2. The van der Waals surface area contributed by atoms with Crippen molar-refractivity contribution in [2.45, 2.75) is 6.92 Å². The minimum absolute atomic E-state index is 1.04. The van der Waals surface area contributed by atoms with E-state index in [-0.39, 0.29) is 0 Å². The van der Waals surface area contributed by atoms with Crippen LogP contribution in [0.3, 0.4) is 0 Å². The summed E-state index contributed by atoms with van der Waals surface area (Å²) in [6.07, 6.45) is 5.66. The summed E-state index contributed by atoms with van der Waals surface area (Å²) in [5, 5.41) is 2.56. The zero-order valence-electron chi connectivity index (χ0n) is 11.0. The summed E-state index contributed by atoms with van der Waals surface area (Å²) in [4.78, 5) is 8.74. The summed E-state index contributed by atoms with van der Waals surface area (Å²) in [5.74, 6) is 0. The molecule has 0 saturated heterocycles. The van der Waals surface area contributed by atoms with E-state index in [1.165, 1.54) is 31.3 Å². The third-order valence-electron chi connectivity index (χ3n) is 3.49. The molecule has 2 nitrogen and oxygen atoms in total. The van der Waals surface area contributed by atoms with Crippen LogP contribution >= 0.6 is 11.3 Å². The smallest absolute Gasteiger partial charge is 0.0719 e. The number of thiophene rings is 1. The van der Waals surface area contributed by atoms with Crippen LogP contribution in [-0.4, -0.2) is 9.97 Å². The zero-order valence-corrected chi connectivity index (χ0v) is 11.8. The van der Waals surface area contributed by atoms with E-state index >= 15 is 0 Å². The van der Waals surface area contributed by atoms with Gasteiger partial charge in [0.1, 0.15) is 0 Å². The van der Waals surface area contributed by atoms with Gasteiger partial charge in [-0.15, -0.1) is 11.3 Å². The Morgan fingerprint density at radius 3 is 2.85 bits per heavy atom. The summed E-state index contributed by atoms with van der Waals surface area (Å²) >= 11 is 1.79. The topological polar surface area (TPSA) is 25.8 Å². The normalized spacial score (nSPS) is 11.2. The van der Waals surface area contributed by atoms with Gasteiger partial charge in [0, 0.05) is 39.6 Å². The average molecular weight is 276 g/mol. The Morgan fingerprint density at radius 1 is 1.00 bits per heavy atom. The Hall–Kier alpha value is -2.26. The van der Waals surface area contributed by atoms with Gasteiger partial charge in [0.2, 0.25) is 0 Å². The Bertz CT molecular complexity index is 924. The predicted octanol–water partition coefficient (Wildman–Crippen LogP) is 4.82. The summed E-state index contributed by atoms with van der Waals surface area (Å²) < 4.78 is 2.51. The van der Waals surface area contributed by atoms with Crippen LogP contribution in [0.15, 0.2) is 55.0 Å². The van der Waals surface area contributed by atoms with Gasteiger partial charge in [-0.1, -0.05) is 18.2 Å². The molecule has 4 rings (SSSR count). The molecular weight excluding hydrogens is 264 g/mol. The lowest BCUT2D eigenvalue weighted by Gasteiger charge is -2.03. The molecule has 3 heteroatoms. The maximum Gasteiger partial charge on any atom is 0.0719 e. The highest BCUT2D eigenvalue weighted by Crippen LogP contribution is 2.38. The molecule has 0 radical (unpaired) electrons. The number of rotatable bonds is 1. The van der Waals surface area contributed by atoms with E-state index in [9.17, 15) is 0 Å². The number of hydrogen-bond donors (Lipinski definition) is 0. The number of aryl methyl sites for hydroxylation is 1. The van der Waals surface area contributed by atoms with E-state index in [1.54, 1.807) is 11.3 Å². The first-order valence-corrected chi connectivity index (χ1v) is 7.33. The lowest BCUT2D eigenvalue weighted by molar-refractivity contribution is 1.29. The van der Waals surface area contributed by atoms with Crippen LogP contribution in [0.5, 0.6) is 0 Å². The van der Waals surface area contributed by atoms with Gasteiger partial charge in [0.15, 0.2) is 0 Å². The van der Waals surface area contributed by atoms with Gasteiger partial charge < -0.3 is 0 Å². The minimum atomic E-state index is 1.04. The molecule has 20 heavy (non-hydrogen) atoms. The Kier molecular flexibility index (Phi) is 2.54. The van der Waals surface area contributed by atoms with Crippen LogP contribution in [0.4, 0.5) is 0 Å². The highest BCUT2D eigenvalue weighted by atomic mass is 32.1. The molecule has 4 aromatic rings. The molecule has 0 spiro atoms. The van der Waals surface area contributed by atoms with Gasteiger partial charge in [-0.25, -0.2) is 0 Å². The number of hydrogen-bond acceptors (Lipinski definition) is 3. The second kappa shape index (κ2) is 4.39. The van der Waals surface area contributed by atoms with Crippen LogP contribution in [-0.2, 0) is 0 Å². The zero-order chi connectivity index (χ0) is 13.5. The molecule has 3 aromatic heterocycles. The van der Waals surface area contributed by atoms with Crippen molar-refractivity contribution in [3.63, 3.8) is 0 Å². The van der Waals surface area contributed by atoms with E-state index < -0.39 is 0 Å². The number of fused-ring (bicyclic) bond motifs is 3. The molecule has 3 heterocycles. The van der Waals surface area contributed by atoms with E-state index in [0.717, 1.165) is 5.69 Å². The Labute approximate surface area is 120 Å². The highest BCUT2D eigenvalue weighted by molar-refractivity contribution is 7.26. The molecule has 0 fully saturated rings. The molecule has 96 valence electrons. The third kappa shape index (κ3) is 1.71. The van der Waals surface area contributed by atoms with Gasteiger partial charge in [0.05, 0.1) is 10.4 Å². The fourth-order valence-corrected chi connectivity index (χ4v) is 3.73. The van der Waals surface area contributed by atoms with E-state index in [4.69, 9.17) is 0 Å². The standard InChI is InChI=1S/C17H12N2S/c1-11-5-8-19-15(9-11)14-4-2-3-13-12-6-7-18-10-16(12)20-17(13)14/h2-10H,1H3. The minimum Gasteiger partial charge on any atom is -0.263 e. The summed E-state index contributed by atoms with van der Waals surface area (Å²) in [6.45, 7) is 2.10. The molecule has 0 N–H and O–H groups in total. The van der Waals surface area contributed by atoms with Crippen molar-refractivity contribution in [1.29, 1.82) is 0 Å². The average Bonchev–Trinajstić information content (AvgIpc) is 2.86. The largest absolute Gasteiger partial charge is 0.263 e. The van der Waals surface area contributed by atoms with Gasteiger partial charge in [-0.2, -0.15) is 0 Å². The summed E-state index contributed by atoms with van der Waals surface area (Å²) in [6, 6.07) is 12.7. The van der Waals surface area contributed by atoms with Crippen LogP contribution < -0.4 is 0 Å². The highest BCUT2D eigenvalue weighted by Gasteiger charge is 2.10. The second-order valence-corrected chi connectivity index (χ2v) is 5.93. The first kappa shape index (κ1) is 11.6. The molecule has 0 unspecified atom stereocenters. The fourth-order valence-electron chi connectivity index (χ4n) is 2.54. The second-order valence-electron chi connectivity index (χ2n) is 4.87. The number of benzene rings is 1. The van der Waals surface area contributed by atoms with Crippen molar-refractivity contribution >= 4 is 31.5 Å². The molecule has 0 amide bonds. The van der Waals surface area contributed by atoms with Crippen molar-refractivity contribution in [2.75, 3.05) is 0 Å². The molecule has 0 aliphatic rings. The van der Waals surface area contributed by atoms with Crippen LogP contribution in [0.1, 0.15) is 5.56 Å². The first-order valence-electron chi connectivity index (χ1n) is 6.51. The lowest BCUT2D eigenvalue weighted by Crippen LogP contribution is -1.84. The van der Waals surface area contributed by atoms with Crippen molar-refractivity contribution in [2.24, 2.45) is 0 Å². The van der Waals surface area contributed by atoms with Gasteiger partial charge >= 0.3 is 0 Å². The van der Waals surface area contributed by atoms with Crippen LogP contribution in [0.2, 0.25) is 0 Å². The number of pyridine rings is 2. The number of aromatic nitrogens is 2. The van der Waals surface area contributed by atoms with Gasteiger partial charge in [-0.3, -0.25) is 9.97 Å². The summed E-state index contributed by atoms with van der Waals surface area (Å²) in [5.41, 5.74) is 3.47. The molecular formula is C17H12N2S. The van der Waals surface area contributed by atoms with E-state index in [0.29, 0.717) is 0 Å². The quantitative estimate of drug-likeness (QED) is 0.498. The van der Waals surface area contributed by atoms with Crippen molar-refractivity contribution in [3.8, 4) is 11.3 Å². The van der Waals surface area contributed by atoms with Crippen molar-refractivity contribution < 1.29 is 0 Å². The molecule has 0 aliphatic carbocycles. The van der Waals surface area contributed by atoms with Crippen LogP contribution in [0.25, 0.3) is 31.4 Å². The molecule has 0 saturated carbocycles. The van der Waals surface area contributed by atoms with E-state index in [2.05, 4.69) is 47.2 Å². The molecule has 0 bridgehead atoms. The Balaban J connectivity index is 2.10. The SMILES string of the molecule is Cc1ccnc(-c2cccc3c2sc2cnccc23)c1. The van der Waals surface area contributed by atoms with Gasteiger partial charge in [-0.05, 0) is 30.7 Å². The maximum atomic E-state index is 4.52. The molecule has 1 aromatic carbocycles. The van der Waals surface area contributed by atoms with Gasteiger partial charge in [0.25, 0.3) is 0 Å². The lowest BCUT2D eigenvalue weighted by atomic mass is 10.1. The summed E-state index contributed by atoms with van der Waals surface area (Å²) in [7, 11) is 0. The third-order valence-corrected chi connectivity index (χ3v) is 4.68. The maximum absolute atomic E-state index is 4.52. The molecule has 0 aliphatic heterocycles.